The normalized spacial score (nSPS) is 15.4. The first-order chi connectivity index (χ1) is 20.6. The average molecular weight is 598 g/mol. The van der Waals surface area contributed by atoms with E-state index in [9.17, 15) is 13.2 Å². The summed E-state index contributed by atoms with van der Waals surface area (Å²) in [5.74, 6) is 0.261. The standard InChI is InChI=1S/C31H31N7O4S/c1-37(2)12-5-13-42-29-26(36-43(40,41)23-8-7-22(16-32)33-18-23)15-21(17-35-29)20-6-9-25-24(14-20)28-27(19-34-25)38(3)30(39)31(28)10-4-11-31/h6-9,14-15,17-19,36H,4-5,10-13H2,1-3H3. The fourth-order valence-corrected chi connectivity index (χ4v) is 6.80. The van der Waals surface area contributed by atoms with Gasteiger partial charge in [0.2, 0.25) is 11.8 Å². The molecule has 3 aromatic heterocycles. The predicted molar refractivity (Wildman–Crippen MR) is 162 cm³/mol. The summed E-state index contributed by atoms with van der Waals surface area (Å²) in [6, 6.07) is 12.1. The second-order valence-electron chi connectivity index (χ2n) is 11.2. The van der Waals surface area contributed by atoms with E-state index in [1.54, 1.807) is 30.4 Å². The van der Waals surface area contributed by atoms with Crippen LogP contribution in [0.1, 0.15) is 36.9 Å². The van der Waals surface area contributed by atoms with Gasteiger partial charge in [0.1, 0.15) is 22.3 Å². The summed E-state index contributed by atoms with van der Waals surface area (Å²) in [4.78, 5) is 29.9. The van der Waals surface area contributed by atoms with Crippen LogP contribution in [0.15, 0.2) is 59.9 Å². The Morgan fingerprint density at radius 1 is 1.07 bits per heavy atom. The van der Waals surface area contributed by atoms with Crippen molar-refractivity contribution in [1.82, 2.24) is 19.9 Å². The molecule has 4 heterocycles. The number of carbonyl (C=O) groups excluding carboxylic acids is 1. The topological polar surface area (TPSA) is 141 Å². The molecule has 220 valence electrons. The van der Waals surface area contributed by atoms with E-state index in [4.69, 9.17) is 10.00 Å². The van der Waals surface area contributed by atoms with E-state index in [1.807, 2.05) is 43.3 Å². The van der Waals surface area contributed by atoms with Gasteiger partial charge in [-0.1, -0.05) is 12.5 Å². The van der Waals surface area contributed by atoms with Gasteiger partial charge in [0, 0.05) is 42.5 Å². The van der Waals surface area contributed by atoms with Gasteiger partial charge in [-0.05, 0) is 69.3 Å². The molecule has 1 aromatic carbocycles. The van der Waals surface area contributed by atoms with Gasteiger partial charge < -0.3 is 14.5 Å². The van der Waals surface area contributed by atoms with Gasteiger partial charge in [-0.25, -0.2) is 18.4 Å². The summed E-state index contributed by atoms with van der Waals surface area (Å²) in [5.41, 5.74) is 3.87. The minimum absolute atomic E-state index is 0.0950. The highest BCUT2D eigenvalue weighted by Crippen LogP contribution is 2.55. The van der Waals surface area contributed by atoms with Crippen LogP contribution in [0, 0.1) is 11.3 Å². The monoisotopic (exact) mass is 597 g/mol. The van der Waals surface area contributed by atoms with Crippen molar-refractivity contribution in [2.45, 2.75) is 36.0 Å². The van der Waals surface area contributed by atoms with Crippen molar-refractivity contribution in [3.05, 3.63) is 66.2 Å². The molecule has 1 amide bonds. The fraction of sp³-hybridized carbons (Fsp3) is 0.323. The lowest BCUT2D eigenvalue weighted by atomic mass is 9.64. The lowest BCUT2D eigenvalue weighted by Gasteiger charge is -2.37. The Hall–Kier alpha value is -4.60. The van der Waals surface area contributed by atoms with E-state index in [1.165, 1.54) is 12.1 Å². The summed E-state index contributed by atoms with van der Waals surface area (Å²) in [5, 5.41) is 9.94. The summed E-state index contributed by atoms with van der Waals surface area (Å²) in [6.07, 6.45) is 7.91. The maximum Gasteiger partial charge on any atom is 0.263 e. The first-order valence-electron chi connectivity index (χ1n) is 14.0. The van der Waals surface area contributed by atoms with Crippen molar-refractivity contribution in [3.63, 3.8) is 0 Å². The molecule has 1 fully saturated rings. The number of carbonyl (C=O) groups is 1. The molecule has 0 saturated heterocycles. The van der Waals surface area contributed by atoms with Gasteiger partial charge in [-0.2, -0.15) is 5.26 Å². The number of likely N-dealkylation sites (N-methyl/N-ethyl adjacent to an activating group) is 1. The largest absolute Gasteiger partial charge is 0.476 e. The molecule has 1 N–H and O–H groups in total. The Balaban J connectivity index is 1.40. The third-order valence-electron chi connectivity index (χ3n) is 8.19. The van der Waals surface area contributed by atoms with E-state index in [0.717, 1.165) is 66.1 Å². The van der Waals surface area contributed by atoms with Crippen LogP contribution in [-0.2, 0) is 20.2 Å². The van der Waals surface area contributed by atoms with Crippen LogP contribution in [0.4, 0.5) is 11.4 Å². The molecule has 4 aromatic rings. The molecule has 1 aliphatic carbocycles. The number of pyridine rings is 3. The molecule has 0 bridgehead atoms. The number of nitrogens with one attached hydrogen (secondary N) is 1. The molecule has 1 saturated carbocycles. The van der Waals surface area contributed by atoms with E-state index >= 15 is 0 Å². The van der Waals surface area contributed by atoms with Crippen LogP contribution in [0.25, 0.3) is 22.0 Å². The zero-order chi connectivity index (χ0) is 30.4. The van der Waals surface area contributed by atoms with Gasteiger partial charge in [0.05, 0.1) is 29.4 Å². The van der Waals surface area contributed by atoms with Gasteiger partial charge in [0.15, 0.2) is 0 Å². The lowest BCUT2D eigenvalue weighted by Crippen LogP contribution is -2.43. The van der Waals surface area contributed by atoms with Crippen LogP contribution in [0.3, 0.4) is 0 Å². The molecule has 1 spiro atoms. The maximum atomic E-state index is 13.3. The second-order valence-corrected chi connectivity index (χ2v) is 12.9. The van der Waals surface area contributed by atoms with Crippen molar-refractivity contribution in [3.8, 4) is 23.1 Å². The molecule has 1 aliphatic heterocycles. The molecular weight excluding hydrogens is 566 g/mol. The summed E-state index contributed by atoms with van der Waals surface area (Å²) in [6.45, 7) is 1.14. The predicted octanol–water partition coefficient (Wildman–Crippen LogP) is 4.09. The summed E-state index contributed by atoms with van der Waals surface area (Å²) < 4.78 is 35.2. The molecule has 6 rings (SSSR count). The highest BCUT2D eigenvalue weighted by Gasteiger charge is 2.54. The number of benzene rings is 1. The van der Waals surface area contributed by atoms with Crippen LogP contribution < -0.4 is 14.4 Å². The highest BCUT2D eigenvalue weighted by atomic mass is 32.2. The van der Waals surface area contributed by atoms with Gasteiger partial charge in [-0.15, -0.1) is 0 Å². The number of nitrogens with zero attached hydrogens (tertiary/aromatic N) is 6. The smallest absolute Gasteiger partial charge is 0.263 e. The Morgan fingerprint density at radius 2 is 1.88 bits per heavy atom. The highest BCUT2D eigenvalue weighted by molar-refractivity contribution is 7.92. The number of aromatic nitrogens is 3. The molecule has 0 radical (unpaired) electrons. The van der Waals surface area contributed by atoms with Crippen LogP contribution in [-0.4, -0.2) is 68.5 Å². The maximum absolute atomic E-state index is 13.3. The number of hydrogen-bond acceptors (Lipinski definition) is 9. The first-order valence-corrected chi connectivity index (χ1v) is 15.5. The Morgan fingerprint density at radius 3 is 2.56 bits per heavy atom. The van der Waals surface area contributed by atoms with E-state index in [0.29, 0.717) is 12.2 Å². The summed E-state index contributed by atoms with van der Waals surface area (Å²) in [7, 11) is 1.66. The van der Waals surface area contributed by atoms with Crippen LogP contribution in [0.2, 0.25) is 0 Å². The number of sulfonamides is 1. The molecular formula is C31H31N7O4S. The van der Waals surface area contributed by atoms with Crippen LogP contribution in [0.5, 0.6) is 5.88 Å². The number of ether oxygens (including phenoxy) is 1. The Labute approximate surface area is 250 Å². The third-order valence-corrected chi connectivity index (χ3v) is 9.54. The van der Waals surface area contributed by atoms with Crippen molar-refractivity contribution in [2.24, 2.45) is 0 Å². The van der Waals surface area contributed by atoms with Crippen molar-refractivity contribution >= 4 is 38.2 Å². The molecule has 0 unspecified atom stereocenters. The molecule has 43 heavy (non-hydrogen) atoms. The van der Waals surface area contributed by atoms with E-state index in [-0.39, 0.29) is 28.1 Å². The average Bonchev–Trinajstić information content (AvgIpc) is 3.22. The number of anilines is 2. The van der Waals surface area contributed by atoms with Gasteiger partial charge >= 0.3 is 0 Å². The minimum Gasteiger partial charge on any atom is -0.476 e. The lowest BCUT2D eigenvalue weighted by molar-refractivity contribution is -0.125. The molecule has 0 atom stereocenters. The number of nitriles is 1. The number of rotatable bonds is 9. The van der Waals surface area contributed by atoms with E-state index < -0.39 is 15.4 Å². The van der Waals surface area contributed by atoms with E-state index in [2.05, 4.69) is 19.7 Å². The molecule has 11 nitrogen and oxygen atoms in total. The second kappa shape index (κ2) is 10.9. The Kier molecular flexibility index (Phi) is 7.23. The zero-order valence-electron chi connectivity index (χ0n) is 24.2. The van der Waals surface area contributed by atoms with Crippen molar-refractivity contribution in [2.75, 3.05) is 43.9 Å². The zero-order valence-corrected chi connectivity index (χ0v) is 25.0. The van der Waals surface area contributed by atoms with Gasteiger partial charge in [0.25, 0.3) is 10.0 Å². The molecule has 2 aliphatic rings. The number of amides is 1. The van der Waals surface area contributed by atoms with Gasteiger partial charge in [-0.3, -0.25) is 14.5 Å². The molecule has 12 heteroatoms. The summed E-state index contributed by atoms with van der Waals surface area (Å²) >= 11 is 0. The number of fused-ring (bicyclic) bond motifs is 4. The fourth-order valence-electron chi connectivity index (χ4n) is 5.81. The van der Waals surface area contributed by atoms with Crippen LogP contribution >= 0.6 is 0 Å². The first kappa shape index (κ1) is 28.5. The SMILES string of the molecule is CN(C)CCCOc1ncc(-c2ccc3ncc4c(c3c2)C2(CCC2)C(=O)N4C)cc1NS(=O)(=O)c1ccc(C#N)nc1. The number of hydrogen-bond donors (Lipinski definition) is 1. The quantitative estimate of drug-likeness (QED) is 0.282. The minimum atomic E-state index is -4.07. The van der Waals surface area contributed by atoms with Crippen molar-refractivity contribution in [1.29, 1.82) is 5.26 Å². The van der Waals surface area contributed by atoms with Crippen molar-refractivity contribution < 1.29 is 17.9 Å². The Bertz CT molecular complexity index is 1880. The third kappa shape index (κ3) is 5.04.